The lowest BCUT2D eigenvalue weighted by atomic mass is 10.3. The number of ether oxygens (including phenoxy) is 1. The molecule has 0 bridgehead atoms. The van der Waals surface area contributed by atoms with Crippen LogP contribution in [0.3, 0.4) is 0 Å². The van der Waals surface area contributed by atoms with Gasteiger partial charge in [-0.2, -0.15) is 0 Å². The quantitative estimate of drug-likeness (QED) is 0.843. The minimum absolute atomic E-state index is 0.0866. The Morgan fingerprint density at radius 3 is 3.16 bits per heavy atom. The third-order valence-corrected chi connectivity index (χ3v) is 3.30. The number of hydrogen-bond donors (Lipinski definition) is 1. The molecule has 1 fully saturated rings. The van der Waals surface area contributed by atoms with Crippen LogP contribution in [-0.4, -0.2) is 46.4 Å². The van der Waals surface area contributed by atoms with Gasteiger partial charge in [0.05, 0.1) is 30.3 Å². The zero-order chi connectivity index (χ0) is 13.2. The molecule has 3 rings (SSSR count). The fraction of sp³-hybridized carbons (Fsp3) is 0.385. The predicted octanol–water partition coefficient (Wildman–Crippen LogP) is 1.42. The van der Waals surface area contributed by atoms with Gasteiger partial charge in [-0.25, -0.2) is 19.9 Å². The highest BCUT2D eigenvalue weighted by molar-refractivity contribution is 5.85. The number of fused-ring (bicyclic) bond motifs is 1. The predicted molar refractivity (Wildman–Crippen MR) is 71.5 cm³/mol. The van der Waals surface area contributed by atoms with Crippen LogP contribution < -0.4 is 5.43 Å². The van der Waals surface area contributed by atoms with E-state index in [0.29, 0.717) is 19.8 Å². The number of imidazole rings is 1. The maximum absolute atomic E-state index is 12.2. The summed E-state index contributed by atoms with van der Waals surface area (Å²) in [5.74, 6) is 0. The molecule has 0 saturated carbocycles. The number of carbonyl (C=O) groups excluding carboxylic acids is 1. The van der Waals surface area contributed by atoms with Crippen molar-refractivity contribution >= 4 is 17.1 Å². The number of nitrogens with one attached hydrogen (secondary N) is 1. The Morgan fingerprint density at radius 2 is 2.32 bits per heavy atom. The van der Waals surface area contributed by atoms with Crippen LogP contribution in [-0.2, 0) is 4.74 Å². The van der Waals surface area contributed by atoms with Crippen molar-refractivity contribution in [1.82, 2.24) is 14.6 Å². The van der Waals surface area contributed by atoms with Gasteiger partial charge in [0.15, 0.2) is 0 Å². The average molecular weight is 260 g/mol. The minimum atomic E-state index is -0.126. The van der Waals surface area contributed by atoms with Crippen LogP contribution in [0, 0.1) is 0 Å². The zero-order valence-corrected chi connectivity index (χ0v) is 10.7. The highest BCUT2D eigenvalue weighted by Crippen LogP contribution is 2.11. The number of rotatable bonds is 1. The van der Waals surface area contributed by atoms with Gasteiger partial charge in [0, 0.05) is 6.54 Å². The molecule has 6 nitrogen and oxygen atoms in total. The topological polar surface area (TPSA) is 59.4 Å². The first-order valence-electron chi connectivity index (χ1n) is 6.33. The van der Waals surface area contributed by atoms with Crippen molar-refractivity contribution in [1.29, 1.82) is 0 Å². The third-order valence-electron chi connectivity index (χ3n) is 3.30. The van der Waals surface area contributed by atoms with E-state index in [-0.39, 0.29) is 12.1 Å². The van der Waals surface area contributed by atoms with Crippen LogP contribution in [0.4, 0.5) is 4.79 Å². The van der Waals surface area contributed by atoms with Crippen molar-refractivity contribution in [3.05, 3.63) is 30.6 Å². The second-order valence-corrected chi connectivity index (χ2v) is 4.64. The van der Waals surface area contributed by atoms with Crippen molar-refractivity contribution in [2.45, 2.75) is 13.0 Å². The Bertz CT molecular complexity index is 595. The van der Waals surface area contributed by atoms with E-state index >= 15 is 0 Å². The van der Waals surface area contributed by atoms with Gasteiger partial charge < -0.3 is 9.64 Å². The molecular weight excluding hydrogens is 244 g/mol. The monoisotopic (exact) mass is 260 g/mol. The minimum Gasteiger partial charge on any atom is -0.377 e. The van der Waals surface area contributed by atoms with Gasteiger partial charge in [0.2, 0.25) is 0 Å². The van der Waals surface area contributed by atoms with E-state index < -0.39 is 0 Å². The summed E-state index contributed by atoms with van der Waals surface area (Å²) in [6.07, 6.45) is 1.62. The van der Waals surface area contributed by atoms with Crippen LogP contribution in [0.1, 0.15) is 6.92 Å². The molecule has 0 radical (unpaired) electrons. The molecule has 1 atom stereocenters. The average Bonchev–Trinajstić information content (AvgIpc) is 2.83. The third kappa shape index (κ3) is 2.26. The van der Waals surface area contributed by atoms with Gasteiger partial charge in [-0.15, -0.1) is 0 Å². The van der Waals surface area contributed by atoms with Gasteiger partial charge in [-0.05, 0) is 19.1 Å². The lowest BCUT2D eigenvalue weighted by molar-refractivity contribution is 0.0216. The molecule has 1 aromatic heterocycles. The molecule has 0 unspecified atom stereocenters. The number of morpholine rings is 1. The van der Waals surface area contributed by atoms with Crippen molar-refractivity contribution in [3.8, 4) is 0 Å². The molecule has 100 valence electrons. The fourth-order valence-corrected chi connectivity index (χ4v) is 2.24. The van der Waals surface area contributed by atoms with Gasteiger partial charge >= 0.3 is 6.03 Å². The number of carbonyl (C=O) groups is 1. The Hall–Kier alpha value is -2.08. The number of amides is 2. The summed E-state index contributed by atoms with van der Waals surface area (Å²) in [7, 11) is 0. The van der Waals surface area contributed by atoms with Crippen molar-refractivity contribution in [3.63, 3.8) is 0 Å². The van der Waals surface area contributed by atoms with E-state index in [0.717, 1.165) is 11.0 Å². The molecule has 1 aliphatic rings. The zero-order valence-electron chi connectivity index (χ0n) is 10.7. The summed E-state index contributed by atoms with van der Waals surface area (Å²) in [4.78, 5) is 18.2. The van der Waals surface area contributed by atoms with Crippen molar-refractivity contribution < 1.29 is 9.53 Å². The van der Waals surface area contributed by atoms with Crippen LogP contribution in [0.15, 0.2) is 30.6 Å². The molecule has 2 heterocycles. The molecule has 6 heteroatoms. The number of hydrogen-bond acceptors (Lipinski definition) is 3. The molecule has 1 N–H and O–H groups in total. The largest absolute Gasteiger partial charge is 0.377 e. The SMILES string of the molecule is C[C@H]1COCCN1C(=O)Nn1cnc2ccccc21. The lowest BCUT2D eigenvalue weighted by Gasteiger charge is -2.33. The maximum atomic E-state index is 12.2. The van der Waals surface area contributed by atoms with Crippen molar-refractivity contribution in [2.75, 3.05) is 25.2 Å². The van der Waals surface area contributed by atoms with E-state index in [1.165, 1.54) is 0 Å². The summed E-state index contributed by atoms with van der Waals surface area (Å²) >= 11 is 0. The van der Waals surface area contributed by atoms with E-state index in [1.807, 2.05) is 31.2 Å². The van der Waals surface area contributed by atoms with E-state index in [1.54, 1.807) is 15.9 Å². The molecule has 1 aromatic carbocycles. The van der Waals surface area contributed by atoms with E-state index in [2.05, 4.69) is 10.4 Å². The first-order valence-corrected chi connectivity index (χ1v) is 6.33. The maximum Gasteiger partial charge on any atom is 0.336 e. The first-order chi connectivity index (χ1) is 9.25. The Kier molecular flexibility index (Phi) is 3.08. The molecule has 0 spiro atoms. The highest BCUT2D eigenvalue weighted by atomic mass is 16.5. The number of benzene rings is 1. The second-order valence-electron chi connectivity index (χ2n) is 4.64. The number of urea groups is 1. The van der Waals surface area contributed by atoms with Gasteiger partial charge in [-0.1, -0.05) is 12.1 Å². The molecule has 1 saturated heterocycles. The van der Waals surface area contributed by atoms with Crippen LogP contribution in [0.25, 0.3) is 11.0 Å². The van der Waals surface area contributed by atoms with Gasteiger partial charge in [-0.3, -0.25) is 0 Å². The molecule has 2 aromatic rings. The Labute approximate surface area is 110 Å². The standard InChI is InChI=1S/C13H16N4O2/c1-10-8-19-7-6-16(10)13(18)15-17-9-14-11-4-2-3-5-12(11)17/h2-5,9-10H,6-8H2,1H3,(H,15,18)/t10-/m0/s1. The molecule has 2 amide bonds. The summed E-state index contributed by atoms with van der Waals surface area (Å²) < 4.78 is 6.98. The molecule has 1 aliphatic heterocycles. The normalized spacial score (nSPS) is 19.6. The Morgan fingerprint density at radius 1 is 1.47 bits per heavy atom. The van der Waals surface area contributed by atoms with Crippen molar-refractivity contribution in [2.24, 2.45) is 0 Å². The summed E-state index contributed by atoms with van der Waals surface area (Å²) in [6.45, 7) is 3.75. The van der Waals surface area contributed by atoms with Crippen LogP contribution in [0.5, 0.6) is 0 Å². The number of aromatic nitrogens is 2. The second kappa shape index (κ2) is 4.89. The Balaban J connectivity index is 1.79. The van der Waals surface area contributed by atoms with Crippen LogP contribution in [0.2, 0.25) is 0 Å². The molecule has 19 heavy (non-hydrogen) atoms. The smallest absolute Gasteiger partial charge is 0.336 e. The fourth-order valence-electron chi connectivity index (χ4n) is 2.24. The number of para-hydroxylation sites is 2. The lowest BCUT2D eigenvalue weighted by Crippen LogP contribution is -2.50. The summed E-state index contributed by atoms with van der Waals surface area (Å²) in [6, 6.07) is 7.64. The van der Waals surface area contributed by atoms with Gasteiger partial charge in [0.25, 0.3) is 0 Å². The van der Waals surface area contributed by atoms with Crippen LogP contribution >= 0.6 is 0 Å². The van der Waals surface area contributed by atoms with E-state index in [4.69, 9.17) is 4.74 Å². The first kappa shape index (κ1) is 12.0. The number of nitrogens with zero attached hydrogens (tertiary/aromatic N) is 3. The molecular formula is C13H16N4O2. The summed E-state index contributed by atoms with van der Waals surface area (Å²) in [5.41, 5.74) is 4.60. The molecule has 0 aliphatic carbocycles. The summed E-state index contributed by atoms with van der Waals surface area (Å²) in [5, 5.41) is 0. The van der Waals surface area contributed by atoms with E-state index in [9.17, 15) is 4.79 Å². The van der Waals surface area contributed by atoms with Gasteiger partial charge in [0.1, 0.15) is 6.33 Å². The highest BCUT2D eigenvalue weighted by Gasteiger charge is 2.24.